The number of aryl methyl sites for hydroxylation is 1. The standard InChI is InChI=1S/C7H8O3S/c1-4-3-11-7(10-2)5(4)6(8)9/h3H,1-2H3,(H,8,9). The molecule has 0 spiro atoms. The number of methoxy groups -OCH3 is 1. The molecule has 0 aromatic carbocycles. The minimum absolute atomic E-state index is 0.275. The summed E-state index contributed by atoms with van der Waals surface area (Å²) < 4.78 is 4.87. The Labute approximate surface area is 68.2 Å². The molecule has 0 saturated heterocycles. The van der Waals surface area contributed by atoms with Gasteiger partial charge in [0.05, 0.1) is 7.11 Å². The lowest BCUT2D eigenvalue weighted by Gasteiger charge is -1.96. The van der Waals surface area contributed by atoms with E-state index in [0.29, 0.717) is 5.06 Å². The molecule has 1 heterocycles. The van der Waals surface area contributed by atoms with Crippen LogP contribution in [0.25, 0.3) is 0 Å². The molecular formula is C7H8O3S. The maximum absolute atomic E-state index is 10.6. The molecule has 0 aliphatic heterocycles. The van der Waals surface area contributed by atoms with Gasteiger partial charge in [0.25, 0.3) is 0 Å². The third-order valence-corrected chi connectivity index (χ3v) is 2.40. The molecule has 1 aromatic rings. The number of thiophene rings is 1. The van der Waals surface area contributed by atoms with Crippen LogP contribution in [0.4, 0.5) is 0 Å². The fourth-order valence-corrected chi connectivity index (χ4v) is 1.69. The average Bonchev–Trinajstić information content (AvgIpc) is 2.30. The molecule has 0 fully saturated rings. The lowest BCUT2D eigenvalue weighted by atomic mass is 10.2. The molecular weight excluding hydrogens is 164 g/mol. The molecule has 0 unspecified atom stereocenters. The fourth-order valence-electron chi connectivity index (χ4n) is 0.827. The van der Waals surface area contributed by atoms with Crippen LogP contribution in [0.15, 0.2) is 5.38 Å². The first-order valence-electron chi connectivity index (χ1n) is 3.02. The first-order valence-corrected chi connectivity index (χ1v) is 3.90. The van der Waals surface area contributed by atoms with Crippen LogP contribution < -0.4 is 4.74 Å². The zero-order valence-electron chi connectivity index (χ0n) is 6.25. The highest BCUT2D eigenvalue weighted by Gasteiger charge is 2.15. The van der Waals surface area contributed by atoms with Gasteiger partial charge in [-0.2, -0.15) is 0 Å². The molecule has 4 heteroatoms. The minimum Gasteiger partial charge on any atom is -0.487 e. The molecule has 60 valence electrons. The van der Waals surface area contributed by atoms with E-state index < -0.39 is 5.97 Å². The third kappa shape index (κ3) is 1.35. The van der Waals surface area contributed by atoms with Crippen molar-refractivity contribution in [2.45, 2.75) is 6.92 Å². The number of hydrogen-bond acceptors (Lipinski definition) is 3. The second kappa shape index (κ2) is 2.92. The van der Waals surface area contributed by atoms with E-state index in [1.165, 1.54) is 18.4 Å². The van der Waals surface area contributed by atoms with Crippen molar-refractivity contribution in [3.8, 4) is 5.06 Å². The SMILES string of the molecule is COc1scc(C)c1C(=O)O. The van der Waals surface area contributed by atoms with Crippen molar-refractivity contribution in [3.63, 3.8) is 0 Å². The summed E-state index contributed by atoms with van der Waals surface area (Å²) in [4.78, 5) is 10.6. The van der Waals surface area contributed by atoms with E-state index in [9.17, 15) is 4.79 Å². The van der Waals surface area contributed by atoms with Gasteiger partial charge in [0, 0.05) is 0 Å². The molecule has 1 rings (SSSR count). The zero-order valence-corrected chi connectivity index (χ0v) is 7.07. The Bertz CT molecular complexity index is 277. The number of aromatic carboxylic acids is 1. The molecule has 11 heavy (non-hydrogen) atoms. The Hall–Kier alpha value is -1.03. The first kappa shape index (κ1) is 8.07. The largest absolute Gasteiger partial charge is 0.487 e. The van der Waals surface area contributed by atoms with E-state index in [2.05, 4.69) is 0 Å². The lowest BCUT2D eigenvalue weighted by molar-refractivity contribution is 0.0693. The molecule has 0 atom stereocenters. The number of ether oxygens (including phenoxy) is 1. The third-order valence-electron chi connectivity index (χ3n) is 1.34. The van der Waals surface area contributed by atoms with Crippen molar-refractivity contribution in [1.82, 2.24) is 0 Å². The molecule has 1 N–H and O–H groups in total. The highest BCUT2D eigenvalue weighted by Crippen LogP contribution is 2.29. The summed E-state index contributed by atoms with van der Waals surface area (Å²) in [5.74, 6) is -0.930. The molecule has 0 bridgehead atoms. The van der Waals surface area contributed by atoms with Gasteiger partial charge in [-0.1, -0.05) is 0 Å². The van der Waals surface area contributed by atoms with Gasteiger partial charge in [-0.25, -0.2) is 4.79 Å². The Morgan fingerprint density at radius 2 is 2.36 bits per heavy atom. The summed E-state index contributed by atoms with van der Waals surface area (Å²) in [5.41, 5.74) is 1.02. The van der Waals surface area contributed by atoms with Crippen LogP contribution in [-0.4, -0.2) is 18.2 Å². The van der Waals surface area contributed by atoms with Crippen molar-refractivity contribution in [1.29, 1.82) is 0 Å². The van der Waals surface area contributed by atoms with Crippen molar-refractivity contribution in [3.05, 3.63) is 16.5 Å². The average molecular weight is 172 g/mol. The number of hydrogen-bond donors (Lipinski definition) is 1. The topological polar surface area (TPSA) is 46.5 Å². The van der Waals surface area contributed by atoms with E-state index in [1.807, 2.05) is 0 Å². The summed E-state index contributed by atoms with van der Waals surface area (Å²) in [5, 5.41) is 10.9. The molecule has 0 amide bonds. The fraction of sp³-hybridized carbons (Fsp3) is 0.286. The number of carbonyl (C=O) groups is 1. The predicted octanol–water partition coefficient (Wildman–Crippen LogP) is 1.76. The second-order valence-electron chi connectivity index (χ2n) is 2.09. The highest BCUT2D eigenvalue weighted by molar-refractivity contribution is 7.12. The van der Waals surface area contributed by atoms with Gasteiger partial charge in [-0.3, -0.25) is 0 Å². The number of rotatable bonds is 2. The monoisotopic (exact) mass is 172 g/mol. The first-order chi connectivity index (χ1) is 5.16. The summed E-state index contributed by atoms with van der Waals surface area (Å²) in [6.07, 6.45) is 0. The maximum atomic E-state index is 10.6. The molecule has 0 aliphatic carbocycles. The molecule has 1 aromatic heterocycles. The van der Waals surface area contributed by atoms with Gasteiger partial charge in [0.1, 0.15) is 5.56 Å². The Morgan fingerprint density at radius 3 is 2.73 bits per heavy atom. The molecule has 3 nitrogen and oxygen atoms in total. The number of carboxylic acids is 1. The minimum atomic E-state index is -0.930. The molecule has 0 saturated carbocycles. The van der Waals surface area contributed by atoms with Crippen LogP contribution in [-0.2, 0) is 0 Å². The lowest BCUT2D eigenvalue weighted by Crippen LogP contribution is -1.98. The van der Waals surface area contributed by atoms with Crippen LogP contribution in [0.3, 0.4) is 0 Å². The highest BCUT2D eigenvalue weighted by atomic mass is 32.1. The predicted molar refractivity (Wildman–Crippen MR) is 42.6 cm³/mol. The summed E-state index contributed by atoms with van der Waals surface area (Å²) in [6, 6.07) is 0. The van der Waals surface area contributed by atoms with Crippen LogP contribution in [0.1, 0.15) is 15.9 Å². The number of carboxylic acid groups (broad SMARTS) is 1. The van der Waals surface area contributed by atoms with Crippen molar-refractivity contribution in [2.24, 2.45) is 0 Å². The van der Waals surface area contributed by atoms with Crippen molar-refractivity contribution in [2.75, 3.05) is 7.11 Å². The molecule has 0 aliphatic rings. The smallest absolute Gasteiger partial charge is 0.340 e. The van der Waals surface area contributed by atoms with Crippen LogP contribution >= 0.6 is 11.3 Å². The van der Waals surface area contributed by atoms with Gasteiger partial charge >= 0.3 is 5.97 Å². The summed E-state index contributed by atoms with van der Waals surface area (Å²) >= 11 is 1.30. The van der Waals surface area contributed by atoms with E-state index in [4.69, 9.17) is 9.84 Å². The van der Waals surface area contributed by atoms with Gasteiger partial charge in [-0.15, -0.1) is 11.3 Å². The van der Waals surface area contributed by atoms with Crippen molar-refractivity contribution >= 4 is 17.3 Å². The van der Waals surface area contributed by atoms with E-state index in [-0.39, 0.29) is 5.56 Å². The summed E-state index contributed by atoms with van der Waals surface area (Å²) in [7, 11) is 1.47. The quantitative estimate of drug-likeness (QED) is 0.739. The van der Waals surface area contributed by atoms with Gasteiger partial charge in [-0.05, 0) is 17.9 Å². The maximum Gasteiger partial charge on any atom is 0.340 e. The van der Waals surface area contributed by atoms with E-state index >= 15 is 0 Å². The Balaban J connectivity index is 3.17. The van der Waals surface area contributed by atoms with E-state index in [0.717, 1.165) is 5.56 Å². The van der Waals surface area contributed by atoms with Gasteiger partial charge in [0.2, 0.25) is 0 Å². The normalized spacial score (nSPS) is 9.64. The Morgan fingerprint density at radius 1 is 1.73 bits per heavy atom. The van der Waals surface area contributed by atoms with Crippen LogP contribution in [0, 0.1) is 6.92 Å². The van der Waals surface area contributed by atoms with Gasteiger partial charge in [0.15, 0.2) is 5.06 Å². The van der Waals surface area contributed by atoms with Crippen LogP contribution in [0.2, 0.25) is 0 Å². The zero-order chi connectivity index (χ0) is 8.43. The second-order valence-corrected chi connectivity index (χ2v) is 2.93. The summed E-state index contributed by atoms with van der Waals surface area (Å²) in [6.45, 7) is 1.75. The van der Waals surface area contributed by atoms with E-state index in [1.54, 1.807) is 12.3 Å². The van der Waals surface area contributed by atoms with Crippen molar-refractivity contribution < 1.29 is 14.6 Å². The van der Waals surface area contributed by atoms with Crippen LogP contribution in [0.5, 0.6) is 5.06 Å². The van der Waals surface area contributed by atoms with Gasteiger partial charge < -0.3 is 9.84 Å². The Kier molecular flexibility index (Phi) is 2.14. The molecule has 0 radical (unpaired) electrons.